The summed E-state index contributed by atoms with van der Waals surface area (Å²) in [6, 6.07) is 7.97. The van der Waals surface area contributed by atoms with Crippen molar-refractivity contribution in [1.82, 2.24) is 29.5 Å². The van der Waals surface area contributed by atoms with Gasteiger partial charge in [0.05, 0.1) is 25.5 Å². The van der Waals surface area contributed by atoms with Crippen molar-refractivity contribution < 1.29 is 14.6 Å². The van der Waals surface area contributed by atoms with Gasteiger partial charge in [0.25, 0.3) is 5.91 Å². The van der Waals surface area contributed by atoms with Crippen LogP contribution in [0.25, 0.3) is 0 Å². The Morgan fingerprint density at radius 2 is 2.14 bits per heavy atom. The van der Waals surface area contributed by atoms with Gasteiger partial charge in [0.15, 0.2) is 5.69 Å². The number of hydrogen-bond donors (Lipinski definition) is 2. The smallest absolute Gasteiger partial charge is 0.274 e. The minimum absolute atomic E-state index is 0.0829. The Labute approximate surface area is 212 Å². The van der Waals surface area contributed by atoms with E-state index in [1.807, 2.05) is 22.9 Å². The third-order valence-electron chi connectivity index (χ3n) is 7.31. The van der Waals surface area contributed by atoms with Crippen LogP contribution in [0.1, 0.15) is 64.3 Å². The fourth-order valence-corrected chi connectivity index (χ4v) is 5.31. The van der Waals surface area contributed by atoms with E-state index < -0.39 is 6.10 Å². The number of imidazole rings is 1. The molecule has 5 rings (SSSR count). The molecule has 9 heteroatoms. The van der Waals surface area contributed by atoms with E-state index in [4.69, 9.17) is 14.8 Å². The van der Waals surface area contributed by atoms with Crippen molar-refractivity contribution in [3.05, 3.63) is 64.0 Å². The Morgan fingerprint density at radius 3 is 2.89 bits per heavy atom. The molecule has 9 nitrogen and oxygen atoms in total. The maximum Gasteiger partial charge on any atom is 0.274 e. The number of ether oxygens (including phenoxy) is 1. The fourth-order valence-electron chi connectivity index (χ4n) is 5.31. The highest BCUT2D eigenvalue weighted by molar-refractivity contribution is 5.94. The number of fused-ring (bicyclic) bond motifs is 1. The molecule has 1 fully saturated rings. The summed E-state index contributed by atoms with van der Waals surface area (Å²) in [5.74, 6) is 1.73. The van der Waals surface area contributed by atoms with Crippen LogP contribution in [-0.2, 0) is 32.5 Å². The third-order valence-corrected chi connectivity index (χ3v) is 7.31. The summed E-state index contributed by atoms with van der Waals surface area (Å²) in [6.07, 6.45) is 2.77. The number of piperidine rings is 1. The summed E-state index contributed by atoms with van der Waals surface area (Å²) in [6.45, 7) is 8.03. The Hall–Kier alpha value is -3.17. The molecule has 0 saturated carbocycles. The summed E-state index contributed by atoms with van der Waals surface area (Å²) < 4.78 is 7.39. The molecule has 0 radical (unpaired) electrons. The second kappa shape index (κ2) is 10.4. The molecule has 4 heterocycles. The van der Waals surface area contributed by atoms with Crippen LogP contribution in [0.2, 0.25) is 0 Å². The molecule has 1 amide bonds. The van der Waals surface area contributed by atoms with Gasteiger partial charge in [-0.05, 0) is 37.5 Å². The molecule has 2 aliphatic rings. The number of amides is 1. The van der Waals surface area contributed by atoms with Gasteiger partial charge < -0.3 is 19.7 Å². The maximum atomic E-state index is 13.6. The molecule has 2 aromatic heterocycles. The minimum atomic E-state index is -0.468. The third kappa shape index (κ3) is 5.03. The average Bonchev–Trinajstić information content (AvgIpc) is 3.43. The fraction of sp³-hybridized carbons (Fsp3) is 0.519. The Balaban J connectivity index is 1.45. The van der Waals surface area contributed by atoms with Crippen LogP contribution >= 0.6 is 0 Å². The summed E-state index contributed by atoms with van der Waals surface area (Å²) in [5, 5.41) is 15.0. The first kappa shape index (κ1) is 24.5. The Kier molecular flexibility index (Phi) is 7.11. The van der Waals surface area contributed by atoms with E-state index in [0.29, 0.717) is 31.9 Å². The number of aromatic nitrogens is 4. The van der Waals surface area contributed by atoms with Crippen molar-refractivity contribution in [2.24, 2.45) is 0 Å². The zero-order chi connectivity index (χ0) is 25.2. The molecule has 3 aromatic rings. The lowest BCUT2D eigenvalue weighted by Gasteiger charge is -2.31. The number of aryl methyl sites for hydroxylation is 2. The summed E-state index contributed by atoms with van der Waals surface area (Å²) >= 11 is 0. The van der Waals surface area contributed by atoms with Crippen LogP contribution in [0, 0.1) is 6.92 Å². The van der Waals surface area contributed by atoms with E-state index >= 15 is 0 Å². The number of rotatable bonds is 7. The van der Waals surface area contributed by atoms with E-state index in [9.17, 15) is 9.90 Å². The molecule has 192 valence electrons. The molecular weight excluding hydrogens is 456 g/mol. The van der Waals surface area contributed by atoms with Gasteiger partial charge in [0, 0.05) is 62.5 Å². The normalized spacial score (nSPS) is 18.3. The SMILES string of the molecule is CCc1nc(CN2CCc3c(c(C(=O)N4CCCC(O)C4)nn3Cc3cccc(OC)c3)C2)c(C)[nH]1. The van der Waals surface area contributed by atoms with Crippen molar-refractivity contribution in [2.75, 3.05) is 26.7 Å². The number of H-pyrrole nitrogens is 1. The highest BCUT2D eigenvalue weighted by Gasteiger charge is 2.32. The van der Waals surface area contributed by atoms with Crippen LogP contribution < -0.4 is 4.74 Å². The summed E-state index contributed by atoms with van der Waals surface area (Å²) in [4.78, 5) is 25.9. The number of nitrogens with one attached hydrogen (secondary N) is 1. The lowest BCUT2D eigenvalue weighted by molar-refractivity contribution is 0.0466. The lowest BCUT2D eigenvalue weighted by atomic mass is 10.0. The molecule has 2 aliphatic heterocycles. The van der Waals surface area contributed by atoms with Crippen molar-refractivity contribution >= 4 is 5.91 Å². The van der Waals surface area contributed by atoms with Crippen LogP contribution in [-0.4, -0.2) is 73.4 Å². The predicted molar refractivity (Wildman–Crippen MR) is 136 cm³/mol. The molecule has 1 atom stereocenters. The van der Waals surface area contributed by atoms with Crippen LogP contribution in [0.5, 0.6) is 5.75 Å². The Morgan fingerprint density at radius 1 is 1.28 bits per heavy atom. The standard InChI is InChI=1S/C27H36N6O3/c1-4-25-28-18(2)23(29-25)17-31-12-10-24-22(16-31)26(27(35)32-11-6-8-20(34)15-32)30-33(24)14-19-7-5-9-21(13-19)36-3/h5,7,9,13,20,34H,4,6,8,10-12,14-17H2,1-3H3,(H,28,29). The van der Waals surface area contributed by atoms with Gasteiger partial charge in [0.1, 0.15) is 11.6 Å². The number of methoxy groups -OCH3 is 1. The number of carbonyl (C=O) groups is 1. The second-order valence-corrected chi connectivity index (χ2v) is 9.90. The maximum absolute atomic E-state index is 13.6. The van der Waals surface area contributed by atoms with Gasteiger partial charge in [-0.2, -0.15) is 5.10 Å². The van der Waals surface area contributed by atoms with Gasteiger partial charge >= 0.3 is 0 Å². The number of likely N-dealkylation sites (tertiary alicyclic amines) is 1. The number of aliphatic hydroxyl groups is 1. The molecule has 1 unspecified atom stereocenters. The van der Waals surface area contributed by atoms with E-state index in [-0.39, 0.29) is 5.91 Å². The van der Waals surface area contributed by atoms with Crippen molar-refractivity contribution in [3.8, 4) is 5.75 Å². The van der Waals surface area contributed by atoms with E-state index in [1.54, 1.807) is 12.0 Å². The second-order valence-electron chi connectivity index (χ2n) is 9.90. The first-order valence-corrected chi connectivity index (χ1v) is 12.9. The summed E-state index contributed by atoms with van der Waals surface area (Å²) in [5.41, 5.74) is 5.87. The van der Waals surface area contributed by atoms with Gasteiger partial charge in [-0.15, -0.1) is 0 Å². The highest BCUT2D eigenvalue weighted by atomic mass is 16.5. The molecule has 1 aromatic carbocycles. The number of benzene rings is 1. The monoisotopic (exact) mass is 492 g/mol. The van der Waals surface area contributed by atoms with Crippen LogP contribution in [0.15, 0.2) is 24.3 Å². The van der Waals surface area contributed by atoms with E-state index in [0.717, 1.165) is 78.6 Å². The van der Waals surface area contributed by atoms with Crippen molar-refractivity contribution in [1.29, 1.82) is 0 Å². The molecule has 36 heavy (non-hydrogen) atoms. The quantitative estimate of drug-likeness (QED) is 0.526. The van der Waals surface area contributed by atoms with Gasteiger partial charge in [-0.3, -0.25) is 14.4 Å². The zero-order valence-electron chi connectivity index (χ0n) is 21.5. The largest absolute Gasteiger partial charge is 0.497 e. The van der Waals surface area contributed by atoms with Gasteiger partial charge in [0.2, 0.25) is 0 Å². The molecule has 1 saturated heterocycles. The van der Waals surface area contributed by atoms with E-state index in [2.05, 4.69) is 29.8 Å². The first-order valence-electron chi connectivity index (χ1n) is 12.9. The van der Waals surface area contributed by atoms with Crippen molar-refractivity contribution in [3.63, 3.8) is 0 Å². The lowest BCUT2D eigenvalue weighted by Crippen LogP contribution is -2.43. The topological polar surface area (TPSA) is 99.5 Å². The van der Waals surface area contributed by atoms with Gasteiger partial charge in [-0.1, -0.05) is 19.1 Å². The average molecular weight is 493 g/mol. The Bertz CT molecular complexity index is 1230. The number of aromatic amines is 1. The zero-order valence-corrected chi connectivity index (χ0v) is 21.5. The predicted octanol–water partition coefficient (Wildman–Crippen LogP) is 2.69. The van der Waals surface area contributed by atoms with Crippen LogP contribution in [0.4, 0.5) is 0 Å². The minimum Gasteiger partial charge on any atom is -0.497 e. The van der Waals surface area contributed by atoms with Crippen LogP contribution in [0.3, 0.4) is 0 Å². The van der Waals surface area contributed by atoms with E-state index in [1.165, 1.54) is 0 Å². The molecule has 0 spiro atoms. The molecule has 0 bridgehead atoms. The summed E-state index contributed by atoms with van der Waals surface area (Å²) in [7, 11) is 1.66. The number of carbonyl (C=O) groups excluding carboxylic acids is 1. The molecule has 0 aliphatic carbocycles. The first-order chi connectivity index (χ1) is 17.4. The number of nitrogens with zero attached hydrogens (tertiary/aromatic N) is 5. The van der Waals surface area contributed by atoms with Gasteiger partial charge in [-0.25, -0.2) is 4.98 Å². The van der Waals surface area contributed by atoms with Crippen molar-refractivity contribution in [2.45, 2.75) is 65.3 Å². The number of β-amino-alcohol motifs (C(OH)–C–C–N with tert-alkyl or cyclic N) is 1. The number of aliphatic hydroxyl groups excluding tert-OH is 1. The molecular formula is C27H36N6O3. The molecule has 2 N–H and O–H groups in total. The number of hydrogen-bond acceptors (Lipinski definition) is 6. The highest BCUT2D eigenvalue weighted by Crippen LogP contribution is 2.27.